The highest BCUT2D eigenvalue weighted by Crippen LogP contribution is 2.09. The van der Waals surface area contributed by atoms with Crippen LogP contribution >= 0.6 is 0 Å². The number of likely N-dealkylation sites (tertiary alicyclic amines) is 1. The highest BCUT2D eigenvalue weighted by atomic mass is 16.1. The minimum absolute atomic E-state index is 0.0800. The third-order valence-electron chi connectivity index (χ3n) is 4.07. The predicted octanol–water partition coefficient (Wildman–Crippen LogP) is 1.27. The van der Waals surface area contributed by atoms with Gasteiger partial charge in [-0.05, 0) is 38.1 Å². The van der Waals surface area contributed by atoms with Crippen LogP contribution in [-0.2, 0) is 0 Å². The highest BCUT2D eigenvalue weighted by molar-refractivity contribution is 5.94. The van der Waals surface area contributed by atoms with Gasteiger partial charge in [-0.1, -0.05) is 12.8 Å². The molecule has 0 spiro atoms. The van der Waals surface area contributed by atoms with Crippen molar-refractivity contribution in [1.82, 2.24) is 30.0 Å². The first-order chi connectivity index (χ1) is 11.3. The van der Waals surface area contributed by atoms with Gasteiger partial charge in [0.15, 0.2) is 5.82 Å². The van der Waals surface area contributed by atoms with Crippen molar-refractivity contribution in [3.63, 3.8) is 0 Å². The number of aromatic nitrogens is 4. The van der Waals surface area contributed by atoms with Gasteiger partial charge in [-0.25, -0.2) is 14.6 Å². The second-order valence-corrected chi connectivity index (χ2v) is 5.75. The zero-order chi connectivity index (χ0) is 15.9. The fraction of sp³-hybridized carbons (Fsp3) is 0.500. The molecular weight excluding hydrogens is 292 g/mol. The quantitative estimate of drug-likeness (QED) is 0.899. The molecule has 0 unspecified atom stereocenters. The molecule has 2 aromatic heterocycles. The average Bonchev–Trinajstić information content (AvgIpc) is 3.00. The molecule has 2 aromatic rings. The molecule has 0 saturated carbocycles. The number of pyridine rings is 1. The van der Waals surface area contributed by atoms with Gasteiger partial charge in [0.25, 0.3) is 5.91 Å². The lowest BCUT2D eigenvalue weighted by Gasteiger charge is -2.19. The Morgan fingerprint density at radius 1 is 1.22 bits per heavy atom. The van der Waals surface area contributed by atoms with Gasteiger partial charge < -0.3 is 10.2 Å². The molecule has 1 aliphatic heterocycles. The Morgan fingerprint density at radius 3 is 2.78 bits per heavy atom. The molecule has 1 aliphatic rings. The first kappa shape index (κ1) is 15.6. The van der Waals surface area contributed by atoms with Crippen LogP contribution in [0.2, 0.25) is 0 Å². The van der Waals surface area contributed by atoms with Gasteiger partial charge in [0.05, 0.1) is 0 Å². The van der Waals surface area contributed by atoms with E-state index in [1.54, 1.807) is 24.7 Å². The number of nitrogens with zero attached hydrogens (tertiary/aromatic N) is 5. The van der Waals surface area contributed by atoms with E-state index in [1.807, 2.05) is 0 Å². The summed E-state index contributed by atoms with van der Waals surface area (Å²) in [6, 6.07) is 3.43. The molecule has 3 heterocycles. The molecule has 1 amide bonds. The molecule has 23 heavy (non-hydrogen) atoms. The number of rotatable bonds is 5. The van der Waals surface area contributed by atoms with Gasteiger partial charge in [-0.3, -0.25) is 4.79 Å². The average molecular weight is 314 g/mol. The summed E-state index contributed by atoms with van der Waals surface area (Å²) in [5.74, 6) is 0.506. The lowest BCUT2D eigenvalue weighted by molar-refractivity contribution is 0.0948. The van der Waals surface area contributed by atoms with Crippen LogP contribution in [-0.4, -0.2) is 56.7 Å². The smallest absolute Gasteiger partial charge is 0.251 e. The maximum atomic E-state index is 12.3. The van der Waals surface area contributed by atoms with Crippen LogP contribution in [0.4, 0.5) is 0 Å². The summed E-state index contributed by atoms with van der Waals surface area (Å²) < 4.78 is 1.54. The largest absolute Gasteiger partial charge is 0.351 e. The zero-order valence-electron chi connectivity index (χ0n) is 13.2. The van der Waals surface area contributed by atoms with Crippen molar-refractivity contribution < 1.29 is 4.79 Å². The molecule has 3 rings (SSSR count). The molecule has 1 fully saturated rings. The fourth-order valence-corrected chi connectivity index (χ4v) is 2.80. The van der Waals surface area contributed by atoms with E-state index >= 15 is 0 Å². The van der Waals surface area contributed by atoms with Crippen LogP contribution in [0.5, 0.6) is 0 Å². The summed E-state index contributed by atoms with van der Waals surface area (Å²) in [4.78, 5) is 22.8. The van der Waals surface area contributed by atoms with E-state index in [9.17, 15) is 4.79 Å². The molecule has 0 aromatic carbocycles. The second-order valence-electron chi connectivity index (χ2n) is 5.75. The Balaban J connectivity index is 1.53. The molecule has 0 radical (unpaired) electrons. The van der Waals surface area contributed by atoms with Crippen LogP contribution in [0.15, 0.2) is 31.0 Å². The van der Waals surface area contributed by atoms with Crippen LogP contribution in [0.1, 0.15) is 36.0 Å². The van der Waals surface area contributed by atoms with Gasteiger partial charge in [-0.15, -0.1) is 0 Å². The number of nitrogens with one attached hydrogen (secondary N) is 1. The summed E-state index contributed by atoms with van der Waals surface area (Å²) in [6.45, 7) is 3.86. The Hall–Kier alpha value is -2.28. The Bertz CT molecular complexity index is 619. The van der Waals surface area contributed by atoms with Gasteiger partial charge in [-0.2, -0.15) is 5.10 Å². The third-order valence-corrected chi connectivity index (χ3v) is 4.07. The van der Waals surface area contributed by atoms with Crippen molar-refractivity contribution in [3.05, 3.63) is 36.5 Å². The Kier molecular flexibility index (Phi) is 5.31. The third kappa shape index (κ3) is 4.35. The van der Waals surface area contributed by atoms with Gasteiger partial charge in [0.2, 0.25) is 0 Å². The highest BCUT2D eigenvalue weighted by Gasteiger charge is 2.11. The minimum atomic E-state index is -0.0800. The zero-order valence-corrected chi connectivity index (χ0v) is 13.2. The van der Waals surface area contributed by atoms with E-state index in [4.69, 9.17) is 0 Å². The lowest BCUT2D eigenvalue weighted by atomic mass is 10.2. The van der Waals surface area contributed by atoms with Crippen LogP contribution < -0.4 is 5.32 Å². The normalized spacial score (nSPS) is 16.0. The summed E-state index contributed by atoms with van der Waals surface area (Å²) >= 11 is 0. The molecule has 122 valence electrons. The number of carbonyl (C=O) groups excluding carboxylic acids is 1. The van der Waals surface area contributed by atoms with Crippen LogP contribution in [0, 0.1) is 0 Å². The fourth-order valence-electron chi connectivity index (χ4n) is 2.80. The van der Waals surface area contributed by atoms with E-state index in [2.05, 4.69) is 25.3 Å². The van der Waals surface area contributed by atoms with E-state index in [1.165, 1.54) is 36.7 Å². The lowest BCUT2D eigenvalue weighted by Crippen LogP contribution is -2.35. The van der Waals surface area contributed by atoms with Crippen LogP contribution in [0.3, 0.4) is 0 Å². The first-order valence-corrected chi connectivity index (χ1v) is 8.14. The monoisotopic (exact) mass is 314 g/mol. The summed E-state index contributed by atoms with van der Waals surface area (Å²) in [7, 11) is 0. The summed E-state index contributed by atoms with van der Waals surface area (Å²) in [6.07, 6.45) is 9.79. The standard InChI is InChI=1S/C16H22N6O/c23-16(19-7-10-21-8-3-1-2-4-9-21)14-5-6-18-15(11-14)22-13-17-12-20-22/h5-6,11-13H,1-4,7-10H2,(H,19,23). The SMILES string of the molecule is O=C(NCCN1CCCCCC1)c1ccnc(-n2cncn2)c1. The number of amides is 1. The predicted molar refractivity (Wildman–Crippen MR) is 86.4 cm³/mol. The maximum absolute atomic E-state index is 12.3. The number of carbonyl (C=O) groups is 1. The van der Waals surface area contributed by atoms with Crippen molar-refractivity contribution in [2.24, 2.45) is 0 Å². The van der Waals surface area contributed by atoms with E-state index in [-0.39, 0.29) is 5.91 Å². The Labute approximate surface area is 135 Å². The van der Waals surface area contributed by atoms with Crippen LogP contribution in [0.25, 0.3) is 5.82 Å². The van der Waals surface area contributed by atoms with Gasteiger partial charge in [0, 0.05) is 24.8 Å². The van der Waals surface area contributed by atoms with E-state index < -0.39 is 0 Å². The molecule has 0 aliphatic carbocycles. The van der Waals surface area contributed by atoms with Crippen molar-refractivity contribution >= 4 is 5.91 Å². The maximum Gasteiger partial charge on any atom is 0.251 e. The molecule has 1 saturated heterocycles. The van der Waals surface area contributed by atoms with Crippen molar-refractivity contribution in [2.45, 2.75) is 25.7 Å². The van der Waals surface area contributed by atoms with Gasteiger partial charge in [0.1, 0.15) is 12.7 Å². The number of hydrogen-bond acceptors (Lipinski definition) is 5. The Morgan fingerprint density at radius 2 is 2.04 bits per heavy atom. The second kappa shape index (κ2) is 7.82. The topological polar surface area (TPSA) is 75.9 Å². The molecule has 7 heteroatoms. The summed E-state index contributed by atoms with van der Waals surface area (Å²) in [5, 5.41) is 7.01. The summed E-state index contributed by atoms with van der Waals surface area (Å²) in [5.41, 5.74) is 0.585. The van der Waals surface area contributed by atoms with Crippen molar-refractivity contribution in [2.75, 3.05) is 26.2 Å². The van der Waals surface area contributed by atoms with Crippen molar-refractivity contribution in [3.8, 4) is 5.82 Å². The number of hydrogen-bond donors (Lipinski definition) is 1. The molecule has 7 nitrogen and oxygen atoms in total. The molecule has 0 atom stereocenters. The molecule has 1 N–H and O–H groups in total. The molecule has 0 bridgehead atoms. The minimum Gasteiger partial charge on any atom is -0.351 e. The van der Waals surface area contributed by atoms with E-state index in [0.29, 0.717) is 17.9 Å². The van der Waals surface area contributed by atoms with Gasteiger partial charge >= 0.3 is 0 Å². The van der Waals surface area contributed by atoms with Crippen molar-refractivity contribution in [1.29, 1.82) is 0 Å². The molecular formula is C16H22N6O. The first-order valence-electron chi connectivity index (χ1n) is 8.14. The van der Waals surface area contributed by atoms with E-state index in [0.717, 1.165) is 19.6 Å².